The van der Waals surface area contributed by atoms with Crippen molar-refractivity contribution in [1.29, 1.82) is 0 Å². The minimum atomic E-state index is -0.299. The summed E-state index contributed by atoms with van der Waals surface area (Å²) in [5, 5.41) is 3.94. The summed E-state index contributed by atoms with van der Waals surface area (Å²) in [6.07, 6.45) is 6.70. The molecule has 0 fully saturated rings. The van der Waals surface area contributed by atoms with E-state index in [1.165, 1.54) is 6.20 Å². The number of hydrogen-bond acceptors (Lipinski definition) is 3. The first-order valence-corrected chi connectivity index (χ1v) is 7.12. The molecule has 2 rings (SSSR count). The van der Waals surface area contributed by atoms with Gasteiger partial charge in [-0.3, -0.25) is 9.78 Å². The Kier molecular flexibility index (Phi) is 5.40. The molecular weight excluding hydrogens is 330 g/mol. The number of rotatable bonds is 4. The molecule has 1 aromatic heterocycles. The summed E-state index contributed by atoms with van der Waals surface area (Å²) in [6.45, 7) is 1.92. The van der Waals surface area contributed by atoms with E-state index in [0.29, 0.717) is 5.56 Å². The van der Waals surface area contributed by atoms with Crippen LogP contribution in [-0.2, 0) is 0 Å². The third-order valence-electron chi connectivity index (χ3n) is 2.60. The van der Waals surface area contributed by atoms with Crippen LogP contribution in [0.15, 0.2) is 63.9 Å². The largest absolute Gasteiger partial charge is 0.272 e. The zero-order chi connectivity index (χ0) is 15.1. The molecule has 0 radical (unpaired) electrons. The maximum Gasteiger partial charge on any atom is 0.272 e. The zero-order valence-electron chi connectivity index (χ0n) is 11.5. The number of carbonyl (C=O) groups is 1. The van der Waals surface area contributed by atoms with Gasteiger partial charge in [-0.1, -0.05) is 36.4 Å². The lowest BCUT2D eigenvalue weighted by molar-refractivity contribution is 0.0954. The Morgan fingerprint density at radius 1 is 1.29 bits per heavy atom. The van der Waals surface area contributed by atoms with Crippen LogP contribution in [0.2, 0.25) is 0 Å². The first-order valence-electron chi connectivity index (χ1n) is 6.32. The molecule has 0 spiro atoms. The highest BCUT2D eigenvalue weighted by Gasteiger charge is 2.04. The van der Waals surface area contributed by atoms with E-state index in [0.717, 1.165) is 15.6 Å². The van der Waals surface area contributed by atoms with Crippen LogP contribution in [0.4, 0.5) is 0 Å². The van der Waals surface area contributed by atoms with Crippen molar-refractivity contribution < 1.29 is 4.79 Å². The minimum Gasteiger partial charge on any atom is -0.267 e. The summed E-state index contributed by atoms with van der Waals surface area (Å²) in [5.41, 5.74) is 4.95. The molecular formula is C16H14BrN3O. The number of hydrogen-bond donors (Lipinski definition) is 1. The van der Waals surface area contributed by atoms with Crippen molar-refractivity contribution in [2.24, 2.45) is 5.10 Å². The maximum atomic E-state index is 11.8. The molecule has 21 heavy (non-hydrogen) atoms. The van der Waals surface area contributed by atoms with Crippen LogP contribution < -0.4 is 5.43 Å². The monoisotopic (exact) mass is 343 g/mol. The molecule has 1 N–H and O–H groups in total. The van der Waals surface area contributed by atoms with E-state index in [1.807, 2.05) is 43.3 Å². The summed E-state index contributed by atoms with van der Waals surface area (Å²) in [7, 11) is 0. The topological polar surface area (TPSA) is 54.4 Å². The fourth-order valence-electron chi connectivity index (χ4n) is 1.64. The second-order valence-electron chi connectivity index (χ2n) is 4.39. The van der Waals surface area contributed by atoms with Gasteiger partial charge < -0.3 is 0 Å². The Labute approximate surface area is 131 Å². The van der Waals surface area contributed by atoms with Crippen molar-refractivity contribution in [3.63, 3.8) is 0 Å². The van der Waals surface area contributed by atoms with Gasteiger partial charge in [0.1, 0.15) is 0 Å². The van der Waals surface area contributed by atoms with Gasteiger partial charge in [-0.15, -0.1) is 0 Å². The lowest BCUT2D eigenvalue weighted by Gasteiger charge is -1.99. The Morgan fingerprint density at radius 2 is 2.05 bits per heavy atom. The van der Waals surface area contributed by atoms with E-state index in [4.69, 9.17) is 0 Å². The number of hydrazone groups is 1. The first-order chi connectivity index (χ1) is 10.1. The quantitative estimate of drug-likeness (QED) is 0.680. The SMILES string of the molecule is CC(/C=N/NC(=O)c1cncc(Br)c1)=C\c1ccccc1. The van der Waals surface area contributed by atoms with Crippen LogP contribution in [0.5, 0.6) is 0 Å². The van der Waals surface area contributed by atoms with Crippen molar-refractivity contribution in [3.05, 3.63) is 70.0 Å². The van der Waals surface area contributed by atoms with Gasteiger partial charge in [-0.2, -0.15) is 5.10 Å². The molecule has 1 aromatic carbocycles. The predicted octanol–water partition coefficient (Wildman–Crippen LogP) is 3.66. The van der Waals surface area contributed by atoms with Gasteiger partial charge in [0.2, 0.25) is 0 Å². The Bertz CT molecular complexity index is 681. The zero-order valence-corrected chi connectivity index (χ0v) is 13.0. The standard InChI is InChI=1S/C16H14BrN3O/c1-12(7-13-5-3-2-4-6-13)9-19-20-16(21)14-8-15(17)11-18-10-14/h2-11H,1H3,(H,20,21)/b12-7+,19-9+. The van der Waals surface area contributed by atoms with Gasteiger partial charge in [-0.25, -0.2) is 5.43 Å². The average Bonchev–Trinajstić information content (AvgIpc) is 2.48. The van der Waals surface area contributed by atoms with Crippen LogP contribution >= 0.6 is 15.9 Å². The van der Waals surface area contributed by atoms with Crippen LogP contribution in [0, 0.1) is 0 Å². The van der Waals surface area contributed by atoms with E-state index in [1.54, 1.807) is 18.5 Å². The molecule has 0 aliphatic heterocycles. The molecule has 0 bridgehead atoms. The lowest BCUT2D eigenvalue weighted by atomic mass is 10.1. The predicted molar refractivity (Wildman–Crippen MR) is 88.0 cm³/mol. The molecule has 0 saturated carbocycles. The van der Waals surface area contributed by atoms with Crippen molar-refractivity contribution in [2.75, 3.05) is 0 Å². The van der Waals surface area contributed by atoms with Crippen molar-refractivity contribution in [1.82, 2.24) is 10.4 Å². The molecule has 1 amide bonds. The number of nitrogens with zero attached hydrogens (tertiary/aromatic N) is 2. The van der Waals surface area contributed by atoms with Crippen molar-refractivity contribution in [3.8, 4) is 0 Å². The number of carbonyl (C=O) groups excluding carboxylic acids is 1. The molecule has 1 heterocycles. The van der Waals surface area contributed by atoms with E-state index >= 15 is 0 Å². The minimum absolute atomic E-state index is 0.299. The number of halogens is 1. The highest BCUT2D eigenvalue weighted by atomic mass is 79.9. The van der Waals surface area contributed by atoms with E-state index < -0.39 is 0 Å². The number of benzene rings is 1. The Morgan fingerprint density at radius 3 is 2.76 bits per heavy atom. The third-order valence-corrected chi connectivity index (χ3v) is 3.03. The van der Waals surface area contributed by atoms with Crippen LogP contribution in [-0.4, -0.2) is 17.1 Å². The molecule has 4 nitrogen and oxygen atoms in total. The fourth-order valence-corrected chi connectivity index (χ4v) is 2.01. The fraction of sp³-hybridized carbons (Fsp3) is 0.0625. The molecule has 0 unspecified atom stereocenters. The molecule has 0 aliphatic rings. The number of amides is 1. The number of allylic oxidation sites excluding steroid dienone is 1. The van der Waals surface area contributed by atoms with Crippen molar-refractivity contribution in [2.45, 2.75) is 6.92 Å². The summed E-state index contributed by atoms with van der Waals surface area (Å²) in [6, 6.07) is 11.6. The van der Waals surface area contributed by atoms with Gasteiger partial charge in [0, 0.05) is 16.9 Å². The van der Waals surface area contributed by atoms with Gasteiger partial charge in [0.25, 0.3) is 5.91 Å². The van der Waals surface area contributed by atoms with E-state index in [-0.39, 0.29) is 5.91 Å². The maximum absolute atomic E-state index is 11.8. The highest BCUT2D eigenvalue weighted by Crippen LogP contribution is 2.09. The van der Waals surface area contributed by atoms with Crippen molar-refractivity contribution >= 4 is 34.1 Å². The Balaban J connectivity index is 1.96. The smallest absolute Gasteiger partial charge is 0.267 e. The van der Waals surface area contributed by atoms with Gasteiger partial charge in [0.15, 0.2) is 0 Å². The van der Waals surface area contributed by atoms with E-state index in [9.17, 15) is 4.79 Å². The first kappa shape index (κ1) is 15.1. The molecule has 0 aliphatic carbocycles. The number of aromatic nitrogens is 1. The molecule has 106 valence electrons. The number of nitrogens with one attached hydrogen (secondary N) is 1. The van der Waals surface area contributed by atoms with Gasteiger partial charge in [-0.05, 0) is 40.1 Å². The van der Waals surface area contributed by atoms with Crippen LogP contribution in [0.1, 0.15) is 22.8 Å². The summed E-state index contributed by atoms with van der Waals surface area (Å²) < 4.78 is 0.749. The number of pyridine rings is 1. The molecule has 2 aromatic rings. The highest BCUT2D eigenvalue weighted by molar-refractivity contribution is 9.10. The summed E-state index contributed by atoms with van der Waals surface area (Å²) >= 11 is 3.27. The molecule has 0 saturated heterocycles. The third kappa shape index (κ3) is 4.96. The van der Waals surface area contributed by atoms with Gasteiger partial charge >= 0.3 is 0 Å². The van der Waals surface area contributed by atoms with Crippen LogP contribution in [0.25, 0.3) is 6.08 Å². The normalized spacial score (nSPS) is 11.6. The summed E-state index contributed by atoms with van der Waals surface area (Å²) in [4.78, 5) is 15.8. The Hall–Kier alpha value is -2.27. The molecule has 0 atom stereocenters. The van der Waals surface area contributed by atoms with E-state index in [2.05, 4.69) is 31.4 Å². The second kappa shape index (κ2) is 7.50. The average molecular weight is 344 g/mol. The second-order valence-corrected chi connectivity index (χ2v) is 5.31. The lowest BCUT2D eigenvalue weighted by Crippen LogP contribution is -2.17. The van der Waals surface area contributed by atoms with Gasteiger partial charge in [0.05, 0.1) is 11.8 Å². The van der Waals surface area contributed by atoms with Crippen LogP contribution in [0.3, 0.4) is 0 Å². The molecule has 5 heteroatoms. The summed E-state index contributed by atoms with van der Waals surface area (Å²) in [5.74, 6) is -0.299.